The van der Waals surface area contributed by atoms with Gasteiger partial charge in [0.1, 0.15) is 0 Å². The molecular formula is C19H28ClN3O2. The molecule has 2 aliphatic rings. The van der Waals surface area contributed by atoms with Crippen LogP contribution >= 0.6 is 12.4 Å². The summed E-state index contributed by atoms with van der Waals surface area (Å²) in [5, 5.41) is 3.14. The maximum absolute atomic E-state index is 12.6. The highest BCUT2D eigenvalue weighted by atomic mass is 35.5. The highest BCUT2D eigenvalue weighted by Crippen LogP contribution is 2.30. The number of amides is 2. The number of hydrogen-bond acceptors (Lipinski definition) is 3. The van der Waals surface area contributed by atoms with Crippen molar-refractivity contribution in [2.75, 3.05) is 13.1 Å². The van der Waals surface area contributed by atoms with E-state index in [2.05, 4.69) is 5.32 Å². The maximum atomic E-state index is 12.6. The van der Waals surface area contributed by atoms with E-state index in [1.165, 1.54) is 0 Å². The molecule has 1 aliphatic heterocycles. The minimum atomic E-state index is -0.248. The van der Waals surface area contributed by atoms with E-state index in [0.29, 0.717) is 25.4 Å². The van der Waals surface area contributed by atoms with Gasteiger partial charge in [0.15, 0.2) is 0 Å². The third kappa shape index (κ3) is 4.33. The Morgan fingerprint density at radius 2 is 2.04 bits per heavy atom. The standard InChI is InChI=1S/C19H27N3O2.ClH/c1-13(14-6-3-2-4-7-14)22-12-16(10-18(22)23)19(24)21-17-9-5-8-15(17)11-20;/h2-4,6-7,13,15-17H,5,8-12,20H2,1H3,(H,21,24);1H. The van der Waals surface area contributed by atoms with Crippen molar-refractivity contribution in [1.29, 1.82) is 0 Å². The van der Waals surface area contributed by atoms with E-state index in [0.717, 1.165) is 24.8 Å². The van der Waals surface area contributed by atoms with E-state index in [-0.39, 0.29) is 42.2 Å². The van der Waals surface area contributed by atoms with Gasteiger partial charge in [0, 0.05) is 19.0 Å². The van der Waals surface area contributed by atoms with Crippen LogP contribution in [0.2, 0.25) is 0 Å². The molecule has 5 nitrogen and oxygen atoms in total. The van der Waals surface area contributed by atoms with Gasteiger partial charge in [-0.15, -0.1) is 12.4 Å². The van der Waals surface area contributed by atoms with Crippen molar-refractivity contribution < 1.29 is 9.59 Å². The van der Waals surface area contributed by atoms with Crippen LogP contribution in [0.25, 0.3) is 0 Å². The molecular weight excluding hydrogens is 338 g/mol. The van der Waals surface area contributed by atoms with Crippen LogP contribution in [0.1, 0.15) is 44.2 Å². The number of benzene rings is 1. The van der Waals surface area contributed by atoms with E-state index in [4.69, 9.17) is 5.73 Å². The Bertz CT molecular complexity index is 596. The van der Waals surface area contributed by atoms with Gasteiger partial charge in [-0.2, -0.15) is 0 Å². The van der Waals surface area contributed by atoms with Gasteiger partial charge in [0.2, 0.25) is 11.8 Å². The molecule has 1 heterocycles. The monoisotopic (exact) mass is 365 g/mol. The molecule has 1 aromatic carbocycles. The molecule has 0 bridgehead atoms. The lowest BCUT2D eigenvalue weighted by molar-refractivity contribution is -0.130. The van der Waals surface area contributed by atoms with Gasteiger partial charge in [-0.3, -0.25) is 9.59 Å². The Kier molecular flexibility index (Phi) is 6.85. The normalized spacial score (nSPS) is 27.0. The molecule has 2 amide bonds. The molecule has 25 heavy (non-hydrogen) atoms. The first-order valence-electron chi connectivity index (χ1n) is 8.95. The third-order valence-corrected chi connectivity index (χ3v) is 5.57. The van der Waals surface area contributed by atoms with E-state index >= 15 is 0 Å². The second-order valence-electron chi connectivity index (χ2n) is 7.08. The fourth-order valence-electron chi connectivity index (χ4n) is 4.00. The molecule has 1 aromatic rings. The van der Waals surface area contributed by atoms with Gasteiger partial charge in [0.25, 0.3) is 0 Å². The molecule has 4 unspecified atom stereocenters. The number of hydrogen-bond donors (Lipinski definition) is 2. The molecule has 1 saturated heterocycles. The lowest BCUT2D eigenvalue weighted by atomic mass is 10.0. The summed E-state index contributed by atoms with van der Waals surface area (Å²) in [7, 11) is 0. The van der Waals surface area contributed by atoms with E-state index in [1.54, 1.807) is 0 Å². The van der Waals surface area contributed by atoms with Crippen LogP contribution < -0.4 is 11.1 Å². The second-order valence-corrected chi connectivity index (χ2v) is 7.08. The number of nitrogens with one attached hydrogen (secondary N) is 1. The number of halogens is 1. The van der Waals surface area contributed by atoms with Crippen LogP contribution in [0.5, 0.6) is 0 Å². The predicted molar refractivity (Wildman–Crippen MR) is 100 cm³/mol. The van der Waals surface area contributed by atoms with E-state index in [9.17, 15) is 9.59 Å². The second kappa shape index (κ2) is 8.68. The number of rotatable bonds is 5. The molecule has 0 spiro atoms. The predicted octanol–water partition coefficient (Wildman–Crippen LogP) is 2.26. The Balaban J connectivity index is 0.00000225. The number of likely N-dealkylation sites (tertiary alicyclic amines) is 1. The van der Waals surface area contributed by atoms with Crippen molar-refractivity contribution in [2.45, 2.75) is 44.7 Å². The zero-order valence-corrected chi connectivity index (χ0v) is 15.5. The molecule has 1 saturated carbocycles. The molecule has 2 fully saturated rings. The van der Waals surface area contributed by atoms with Crippen molar-refractivity contribution in [3.8, 4) is 0 Å². The smallest absolute Gasteiger partial charge is 0.225 e. The summed E-state index contributed by atoms with van der Waals surface area (Å²) in [5.41, 5.74) is 6.89. The van der Waals surface area contributed by atoms with Crippen LogP contribution in [0, 0.1) is 11.8 Å². The van der Waals surface area contributed by atoms with E-state index < -0.39 is 0 Å². The summed E-state index contributed by atoms with van der Waals surface area (Å²) in [5.74, 6) is 0.206. The Labute approximate surface area is 155 Å². The summed E-state index contributed by atoms with van der Waals surface area (Å²) < 4.78 is 0. The fourth-order valence-corrected chi connectivity index (χ4v) is 4.00. The molecule has 3 N–H and O–H groups in total. The van der Waals surface area contributed by atoms with Crippen LogP contribution in [0.15, 0.2) is 30.3 Å². The zero-order valence-electron chi connectivity index (χ0n) is 14.7. The van der Waals surface area contributed by atoms with Gasteiger partial charge in [0.05, 0.1) is 12.0 Å². The van der Waals surface area contributed by atoms with Crippen molar-refractivity contribution in [3.63, 3.8) is 0 Å². The maximum Gasteiger partial charge on any atom is 0.225 e. The highest BCUT2D eigenvalue weighted by Gasteiger charge is 2.38. The SMILES string of the molecule is CC(c1ccccc1)N1CC(C(=O)NC2CCCC2CN)CC1=O.Cl. The molecule has 4 atom stereocenters. The van der Waals surface area contributed by atoms with Crippen molar-refractivity contribution in [2.24, 2.45) is 17.6 Å². The average molecular weight is 366 g/mol. The average Bonchev–Trinajstić information content (AvgIpc) is 3.21. The molecule has 3 rings (SSSR count). The first-order chi connectivity index (χ1) is 11.6. The Hall–Kier alpha value is -1.59. The Morgan fingerprint density at radius 1 is 1.32 bits per heavy atom. The largest absolute Gasteiger partial charge is 0.353 e. The molecule has 6 heteroatoms. The first kappa shape index (κ1) is 19.7. The Morgan fingerprint density at radius 3 is 2.72 bits per heavy atom. The van der Waals surface area contributed by atoms with Crippen LogP contribution in [0.3, 0.4) is 0 Å². The minimum absolute atomic E-state index is 0. The summed E-state index contributed by atoms with van der Waals surface area (Å²) in [6.45, 7) is 3.14. The number of carbonyl (C=O) groups is 2. The van der Waals surface area contributed by atoms with Gasteiger partial charge in [-0.25, -0.2) is 0 Å². The van der Waals surface area contributed by atoms with Crippen molar-refractivity contribution >= 4 is 24.2 Å². The van der Waals surface area contributed by atoms with Crippen LogP contribution in [-0.4, -0.2) is 35.8 Å². The number of nitrogens with two attached hydrogens (primary N) is 1. The number of nitrogens with zero attached hydrogens (tertiary/aromatic N) is 1. The summed E-state index contributed by atoms with van der Waals surface area (Å²) in [4.78, 5) is 26.8. The van der Waals surface area contributed by atoms with Gasteiger partial charge < -0.3 is 16.0 Å². The zero-order chi connectivity index (χ0) is 17.1. The summed E-state index contributed by atoms with van der Waals surface area (Å²) in [6, 6.07) is 10.1. The van der Waals surface area contributed by atoms with Crippen molar-refractivity contribution in [1.82, 2.24) is 10.2 Å². The fraction of sp³-hybridized carbons (Fsp3) is 0.579. The minimum Gasteiger partial charge on any atom is -0.353 e. The lowest BCUT2D eigenvalue weighted by Gasteiger charge is -2.25. The first-order valence-corrected chi connectivity index (χ1v) is 8.95. The van der Waals surface area contributed by atoms with Gasteiger partial charge >= 0.3 is 0 Å². The summed E-state index contributed by atoms with van der Waals surface area (Å²) >= 11 is 0. The summed E-state index contributed by atoms with van der Waals surface area (Å²) in [6.07, 6.45) is 3.51. The molecule has 1 aliphatic carbocycles. The van der Waals surface area contributed by atoms with E-state index in [1.807, 2.05) is 42.2 Å². The highest BCUT2D eigenvalue weighted by molar-refractivity contribution is 5.89. The van der Waals surface area contributed by atoms with Crippen molar-refractivity contribution in [3.05, 3.63) is 35.9 Å². The topological polar surface area (TPSA) is 75.4 Å². The molecule has 138 valence electrons. The van der Waals surface area contributed by atoms with Crippen LogP contribution in [0.4, 0.5) is 0 Å². The van der Waals surface area contributed by atoms with Gasteiger partial charge in [-0.1, -0.05) is 36.8 Å². The lowest BCUT2D eigenvalue weighted by Crippen LogP contribution is -2.43. The third-order valence-electron chi connectivity index (χ3n) is 5.57. The van der Waals surface area contributed by atoms with Gasteiger partial charge in [-0.05, 0) is 37.8 Å². The quantitative estimate of drug-likeness (QED) is 0.840. The van der Waals surface area contributed by atoms with Crippen LogP contribution in [-0.2, 0) is 9.59 Å². The number of carbonyl (C=O) groups excluding carboxylic acids is 2. The molecule has 0 radical (unpaired) electrons. The molecule has 0 aromatic heterocycles.